The second-order valence-electron chi connectivity index (χ2n) is 5.47. The Bertz CT molecular complexity index is 290. The first-order valence-corrected chi connectivity index (χ1v) is 6.06. The maximum absolute atomic E-state index is 11.5. The quantitative estimate of drug-likeness (QED) is 0.630. The number of urea groups is 1. The summed E-state index contributed by atoms with van der Waals surface area (Å²) in [5, 5.41) is 14.0. The van der Waals surface area contributed by atoms with Gasteiger partial charge in [0.1, 0.15) is 0 Å². The molecule has 6 nitrogen and oxygen atoms in total. The van der Waals surface area contributed by atoms with E-state index in [4.69, 9.17) is 5.11 Å². The standard InChI is InChI=1S/C12H25N3O3/c1-9(6-10(16)17)7-13-11(18)14-8-12(2,3)15(4)5/h9H,6-8H2,1-5H3,(H,16,17)(H2,13,14,18). The van der Waals surface area contributed by atoms with E-state index in [9.17, 15) is 9.59 Å². The van der Waals surface area contributed by atoms with Crippen molar-refractivity contribution in [2.45, 2.75) is 32.7 Å². The Morgan fingerprint density at radius 1 is 1.28 bits per heavy atom. The number of hydrogen-bond donors (Lipinski definition) is 3. The van der Waals surface area contributed by atoms with Crippen LogP contribution in [0.2, 0.25) is 0 Å². The first-order chi connectivity index (χ1) is 8.15. The van der Waals surface area contributed by atoms with E-state index in [2.05, 4.69) is 10.6 Å². The van der Waals surface area contributed by atoms with Gasteiger partial charge in [0, 0.05) is 25.0 Å². The Hall–Kier alpha value is -1.30. The van der Waals surface area contributed by atoms with Crippen LogP contribution in [0.1, 0.15) is 27.2 Å². The van der Waals surface area contributed by atoms with Crippen LogP contribution in [-0.2, 0) is 4.79 Å². The topological polar surface area (TPSA) is 81.7 Å². The zero-order chi connectivity index (χ0) is 14.3. The number of carboxylic acid groups (broad SMARTS) is 1. The van der Waals surface area contributed by atoms with Gasteiger partial charge in [0.05, 0.1) is 0 Å². The minimum Gasteiger partial charge on any atom is -0.481 e. The molecule has 0 aliphatic carbocycles. The fraction of sp³-hybridized carbons (Fsp3) is 0.833. The van der Waals surface area contributed by atoms with E-state index in [0.717, 1.165) is 0 Å². The van der Waals surface area contributed by atoms with E-state index in [1.165, 1.54) is 0 Å². The Morgan fingerprint density at radius 3 is 2.28 bits per heavy atom. The highest BCUT2D eigenvalue weighted by Crippen LogP contribution is 2.07. The van der Waals surface area contributed by atoms with Crippen molar-refractivity contribution < 1.29 is 14.7 Å². The number of carboxylic acids is 1. The van der Waals surface area contributed by atoms with Crippen LogP contribution in [0, 0.1) is 5.92 Å². The Balaban J connectivity index is 3.89. The van der Waals surface area contributed by atoms with Gasteiger partial charge in [-0.3, -0.25) is 4.79 Å². The fourth-order valence-corrected chi connectivity index (χ4v) is 1.15. The molecule has 18 heavy (non-hydrogen) atoms. The van der Waals surface area contributed by atoms with E-state index >= 15 is 0 Å². The molecule has 1 unspecified atom stereocenters. The summed E-state index contributed by atoms with van der Waals surface area (Å²) in [6, 6.07) is -0.262. The van der Waals surface area contributed by atoms with Gasteiger partial charge in [0.25, 0.3) is 0 Å². The zero-order valence-electron chi connectivity index (χ0n) is 11.9. The number of rotatable bonds is 7. The molecule has 0 aliphatic heterocycles. The Morgan fingerprint density at radius 2 is 1.83 bits per heavy atom. The molecule has 0 spiro atoms. The van der Waals surface area contributed by atoms with Crippen LogP contribution in [0.15, 0.2) is 0 Å². The van der Waals surface area contributed by atoms with Crippen LogP contribution in [0.4, 0.5) is 4.79 Å². The van der Waals surface area contributed by atoms with Crippen molar-refractivity contribution in [2.75, 3.05) is 27.2 Å². The van der Waals surface area contributed by atoms with Gasteiger partial charge < -0.3 is 20.6 Å². The molecule has 6 heteroatoms. The number of likely N-dealkylation sites (N-methyl/N-ethyl adjacent to an activating group) is 1. The van der Waals surface area contributed by atoms with E-state index in [1.807, 2.05) is 32.8 Å². The number of nitrogens with one attached hydrogen (secondary N) is 2. The summed E-state index contributed by atoms with van der Waals surface area (Å²) in [7, 11) is 3.91. The number of carbonyl (C=O) groups is 2. The lowest BCUT2D eigenvalue weighted by Crippen LogP contribution is -2.50. The van der Waals surface area contributed by atoms with Crippen LogP contribution < -0.4 is 10.6 Å². The van der Waals surface area contributed by atoms with Gasteiger partial charge in [-0.05, 0) is 33.9 Å². The molecule has 0 saturated carbocycles. The number of nitrogens with zero attached hydrogens (tertiary/aromatic N) is 1. The minimum atomic E-state index is -0.849. The summed E-state index contributed by atoms with van der Waals surface area (Å²) in [6.07, 6.45) is 0.0590. The summed E-state index contributed by atoms with van der Waals surface area (Å²) in [6.45, 7) is 6.73. The van der Waals surface area contributed by atoms with Crippen molar-refractivity contribution >= 4 is 12.0 Å². The number of hydrogen-bond acceptors (Lipinski definition) is 3. The molecule has 0 aromatic heterocycles. The third kappa shape index (κ3) is 7.11. The predicted molar refractivity (Wildman–Crippen MR) is 70.6 cm³/mol. The smallest absolute Gasteiger partial charge is 0.314 e. The van der Waals surface area contributed by atoms with Crippen LogP contribution in [0.3, 0.4) is 0 Å². The van der Waals surface area contributed by atoms with Crippen molar-refractivity contribution in [3.8, 4) is 0 Å². The van der Waals surface area contributed by atoms with E-state index in [1.54, 1.807) is 6.92 Å². The molecule has 106 valence electrons. The lowest BCUT2D eigenvalue weighted by molar-refractivity contribution is -0.137. The number of amides is 2. The van der Waals surface area contributed by atoms with Gasteiger partial charge in [-0.15, -0.1) is 0 Å². The molecule has 1 atom stereocenters. The molecular weight excluding hydrogens is 234 g/mol. The first-order valence-electron chi connectivity index (χ1n) is 6.06. The van der Waals surface area contributed by atoms with Crippen LogP contribution in [-0.4, -0.2) is 54.7 Å². The van der Waals surface area contributed by atoms with Gasteiger partial charge >= 0.3 is 12.0 Å². The highest BCUT2D eigenvalue weighted by molar-refractivity contribution is 5.74. The second-order valence-corrected chi connectivity index (χ2v) is 5.47. The van der Waals surface area contributed by atoms with Crippen molar-refractivity contribution in [3.63, 3.8) is 0 Å². The van der Waals surface area contributed by atoms with Crippen molar-refractivity contribution in [2.24, 2.45) is 5.92 Å². The van der Waals surface area contributed by atoms with Gasteiger partial charge in [-0.25, -0.2) is 4.79 Å². The van der Waals surface area contributed by atoms with Crippen LogP contribution in [0.25, 0.3) is 0 Å². The summed E-state index contributed by atoms with van der Waals surface area (Å²) >= 11 is 0. The maximum Gasteiger partial charge on any atom is 0.314 e. The highest BCUT2D eigenvalue weighted by atomic mass is 16.4. The predicted octanol–water partition coefficient (Wildman–Crippen LogP) is 0.737. The molecule has 0 rings (SSSR count). The van der Waals surface area contributed by atoms with Gasteiger partial charge in [0.2, 0.25) is 0 Å². The summed E-state index contributed by atoms with van der Waals surface area (Å²) in [5.41, 5.74) is -0.121. The SMILES string of the molecule is CC(CNC(=O)NCC(C)(C)N(C)C)CC(=O)O. The molecule has 0 aromatic rings. The molecule has 0 bridgehead atoms. The highest BCUT2D eigenvalue weighted by Gasteiger charge is 2.21. The van der Waals surface area contributed by atoms with E-state index < -0.39 is 5.97 Å². The van der Waals surface area contributed by atoms with Gasteiger partial charge in [0.15, 0.2) is 0 Å². The molecule has 0 radical (unpaired) electrons. The second kappa shape index (κ2) is 7.20. The molecular formula is C12H25N3O3. The molecule has 0 aromatic carbocycles. The Kier molecular flexibility index (Phi) is 6.68. The van der Waals surface area contributed by atoms with E-state index in [-0.39, 0.29) is 23.9 Å². The lowest BCUT2D eigenvalue weighted by Gasteiger charge is -2.32. The molecule has 2 amide bonds. The largest absolute Gasteiger partial charge is 0.481 e. The van der Waals surface area contributed by atoms with Gasteiger partial charge in [-0.2, -0.15) is 0 Å². The normalized spacial score (nSPS) is 13.2. The van der Waals surface area contributed by atoms with Crippen molar-refractivity contribution in [3.05, 3.63) is 0 Å². The van der Waals surface area contributed by atoms with Crippen LogP contribution in [0.5, 0.6) is 0 Å². The average molecular weight is 259 g/mol. The van der Waals surface area contributed by atoms with Gasteiger partial charge in [-0.1, -0.05) is 6.92 Å². The van der Waals surface area contributed by atoms with Crippen molar-refractivity contribution in [1.29, 1.82) is 0 Å². The molecule has 3 N–H and O–H groups in total. The maximum atomic E-state index is 11.5. The molecule has 0 saturated heterocycles. The number of carbonyl (C=O) groups excluding carboxylic acids is 1. The van der Waals surface area contributed by atoms with E-state index in [0.29, 0.717) is 13.1 Å². The van der Waals surface area contributed by atoms with Crippen molar-refractivity contribution in [1.82, 2.24) is 15.5 Å². The summed E-state index contributed by atoms with van der Waals surface area (Å²) in [5.74, 6) is -0.923. The summed E-state index contributed by atoms with van der Waals surface area (Å²) in [4.78, 5) is 24.0. The fourth-order valence-electron chi connectivity index (χ4n) is 1.15. The number of aliphatic carboxylic acids is 1. The average Bonchev–Trinajstić information content (AvgIpc) is 2.22. The molecule has 0 aliphatic rings. The zero-order valence-corrected chi connectivity index (χ0v) is 11.9. The molecule has 0 heterocycles. The third-order valence-corrected chi connectivity index (χ3v) is 3.03. The third-order valence-electron chi connectivity index (χ3n) is 3.03. The first kappa shape index (κ1) is 16.7. The molecule has 0 fully saturated rings. The monoisotopic (exact) mass is 259 g/mol. The lowest BCUT2D eigenvalue weighted by atomic mass is 10.0. The van der Waals surface area contributed by atoms with Crippen LogP contribution >= 0.6 is 0 Å². The minimum absolute atomic E-state index is 0.0590. The summed E-state index contributed by atoms with van der Waals surface area (Å²) < 4.78 is 0. The Labute approximate surface area is 109 Å².